The van der Waals surface area contributed by atoms with Crippen LogP contribution in [0.15, 0.2) is 48.5 Å². The molecule has 0 aliphatic carbocycles. The van der Waals surface area contributed by atoms with E-state index in [1.807, 2.05) is 0 Å². The molecule has 1 saturated heterocycles. The SMILES string of the molecule is CCCCCOc1ccc(C(=O)CCC(=O)OCC(=O)Nc2ccccc2N2CCCC2=O)cc1. The topological polar surface area (TPSA) is 102 Å². The minimum atomic E-state index is -0.632. The molecule has 35 heavy (non-hydrogen) atoms. The molecule has 0 atom stereocenters. The number of ether oxygens (including phenoxy) is 2. The summed E-state index contributed by atoms with van der Waals surface area (Å²) in [5.41, 5.74) is 1.60. The fourth-order valence-corrected chi connectivity index (χ4v) is 3.76. The van der Waals surface area contributed by atoms with Crippen LogP contribution in [0.2, 0.25) is 0 Å². The van der Waals surface area contributed by atoms with Gasteiger partial charge in [0.25, 0.3) is 5.91 Å². The lowest BCUT2D eigenvalue weighted by atomic mass is 10.1. The molecule has 1 heterocycles. The lowest BCUT2D eigenvalue weighted by molar-refractivity contribution is -0.147. The van der Waals surface area contributed by atoms with Crippen molar-refractivity contribution >= 4 is 34.9 Å². The number of para-hydroxylation sites is 2. The van der Waals surface area contributed by atoms with E-state index in [1.165, 1.54) is 0 Å². The molecule has 0 aromatic heterocycles. The summed E-state index contributed by atoms with van der Waals surface area (Å²) in [4.78, 5) is 50.4. The Kier molecular flexibility index (Phi) is 9.83. The number of anilines is 2. The van der Waals surface area contributed by atoms with Crippen molar-refractivity contribution in [3.63, 3.8) is 0 Å². The van der Waals surface area contributed by atoms with Crippen molar-refractivity contribution in [2.24, 2.45) is 0 Å². The van der Waals surface area contributed by atoms with Crippen molar-refractivity contribution in [1.82, 2.24) is 0 Å². The minimum Gasteiger partial charge on any atom is -0.494 e. The molecule has 1 fully saturated rings. The highest BCUT2D eigenvalue weighted by atomic mass is 16.5. The molecule has 186 valence electrons. The first kappa shape index (κ1) is 25.9. The number of carbonyl (C=O) groups is 4. The molecule has 0 radical (unpaired) electrons. The quantitative estimate of drug-likeness (QED) is 0.257. The van der Waals surface area contributed by atoms with Crippen LogP contribution < -0.4 is 15.0 Å². The molecule has 0 spiro atoms. The van der Waals surface area contributed by atoms with Gasteiger partial charge in [-0.1, -0.05) is 31.9 Å². The Morgan fingerprint density at radius 2 is 1.77 bits per heavy atom. The van der Waals surface area contributed by atoms with E-state index in [1.54, 1.807) is 53.4 Å². The molecule has 1 aliphatic rings. The van der Waals surface area contributed by atoms with Crippen molar-refractivity contribution < 1.29 is 28.7 Å². The van der Waals surface area contributed by atoms with Crippen molar-refractivity contribution in [2.45, 2.75) is 51.9 Å². The van der Waals surface area contributed by atoms with Crippen LogP contribution >= 0.6 is 0 Å². The van der Waals surface area contributed by atoms with Crippen LogP contribution in [0, 0.1) is 0 Å². The summed E-state index contributed by atoms with van der Waals surface area (Å²) in [7, 11) is 0. The second-order valence-corrected chi connectivity index (χ2v) is 8.38. The van der Waals surface area contributed by atoms with Gasteiger partial charge in [-0.3, -0.25) is 19.2 Å². The Morgan fingerprint density at radius 3 is 2.49 bits per heavy atom. The number of benzene rings is 2. The lowest BCUT2D eigenvalue weighted by Crippen LogP contribution is -2.27. The molecule has 1 N–H and O–H groups in total. The van der Waals surface area contributed by atoms with Gasteiger partial charge in [0.2, 0.25) is 5.91 Å². The summed E-state index contributed by atoms with van der Waals surface area (Å²) >= 11 is 0. The Hall–Kier alpha value is -3.68. The highest BCUT2D eigenvalue weighted by Gasteiger charge is 2.24. The van der Waals surface area contributed by atoms with E-state index in [-0.39, 0.29) is 24.5 Å². The number of esters is 1. The number of amides is 2. The number of hydrogen-bond acceptors (Lipinski definition) is 6. The van der Waals surface area contributed by atoms with Crippen molar-refractivity contribution in [3.05, 3.63) is 54.1 Å². The number of carbonyl (C=O) groups excluding carboxylic acids is 4. The van der Waals surface area contributed by atoms with Crippen molar-refractivity contribution in [1.29, 1.82) is 0 Å². The molecular formula is C27H32N2O6. The fraction of sp³-hybridized carbons (Fsp3) is 0.407. The fourth-order valence-electron chi connectivity index (χ4n) is 3.76. The van der Waals surface area contributed by atoms with Crippen LogP contribution in [-0.2, 0) is 19.1 Å². The Labute approximate surface area is 205 Å². The maximum absolute atomic E-state index is 12.4. The zero-order valence-corrected chi connectivity index (χ0v) is 20.1. The van der Waals surface area contributed by atoms with Gasteiger partial charge < -0.3 is 19.7 Å². The molecule has 2 amide bonds. The largest absolute Gasteiger partial charge is 0.494 e. The minimum absolute atomic E-state index is 0.0110. The Morgan fingerprint density at radius 1 is 1.00 bits per heavy atom. The molecule has 0 unspecified atom stereocenters. The van der Waals surface area contributed by atoms with Crippen LogP contribution in [0.4, 0.5) is 11.4 Å². The number of rotatable bonds is 13. The van der Waals surface area contributed by atoms with Gasteiger partial charge in [-0.25, -0.2) is 0 Å². The van der Waals surface area contributed by atoms with E-state index in [0.717, 1.165) is 25.7 Å². The lowest BCUT2D eigenvalue weighted by Gasteiger charge is -2.19. The predicted octanol–water partition coefficient (Wildman–Crippen LogP) is 4.53. The van der Waals surface area contributed by atoms with E-state index in [0.29, 0.717) is 42.3 Å². The average Bonchev–Trinajstić information content (AvgIpc) is 3.30. The summed E-state index contributed by atoms with van der Waals surface area (Å²) in [6.45, 7) is 2.90. The zero-order chi connectivity index (χ0) is 25.0. The van der Waals surface area contributed by atoms with Crippen LogP contribution in [0.25, 0.3) is 0 Å². The third-order valence-corrected chi connectivity index (χ3v) is 5.66. The number of Topliss-reactive ketones (excluding diaryl/α,β-unsaturated/α-hetero) is 1. The van der Waals surface area contributed by atoms with Gasteiger partial charge in [0.05, 0.1) is 24.4 Å². The Bertz CT molecular complexity index is 1030. The van der Waals surface area contributed by atoms with Gasteiger partial charge in [-0.15, -0.1) is 0 Å². The maximum Gasteiger partial charge on any atom is 0.306 e. The van der Waals surface area contributed by atoms with Gasteiger partial charge >= 0.3 is 5.97 Å². The van der Waals surface area contributed by atoms with Crippen LogP contribution in [0.1, 0.15) is 62.2 Å². The monoisotopic (exact) mass is 480 g/mol. The first-order valence-electron chi connectivity index (χ1n) is 12.1. The molecular weight excluding hydrogens is 448 g/mol. The first-order valence-corrected chi connectivity index (χ1v) is 12.1. The van der Waals surface area contributed by atoms with Gasteiger partial charge in [0, 0.05) is 24.9 Å². The molecule has 2 aromatic rings. The van der Waals surface area contributed by atoms with Gasteiger partial charge in [0.1, 0.15) is 5.75 Å². The number of unbranched alkanes of at least 4 members (excludes halogenated alkanes) is 2. The number of ketones is 1. The highest BCUT2D eigenvalue weighted by molar-refractivity contribution is 6.02. The number of hydrogen-bond donors (Lipinski definition) is 1. The normalized spacial score (nSPS) is 12.9. The average molecular weight is 481 g/mol. The number of nitrogens with zero attached hydrogens (tertiary/aromatic N) is 1. The maximum atomic E-state index is 12.4. The number of nitrogens with one attached hydrogen (secondary N) is 1. The molecule has 3 rings (SSSR count). The second-order valence-electron chi connectivity index (χ2n) is 8.38. The van der Waals surface area contributed by atoms with Crippen LogP contribution in [-0.4, -0.2) is 43.3 Å². The second kappa shape index (κ2) is 13.3. The summed E-state index contributed by atoms with van der Waals surface area (Å²) in [5.74, 6) is -0.616. The molecule has 1 aliphatic heterocycles. The first-order chi connectivity index (χ1) is 17.0. The highest BCUT2D eigenvalue weighted by Crippen LogP contribution is 2.29. The third kappa shape index (κ3) is 7.95. The van der Waals surface area contributed by atoms with E-state index in [9.17, 15) is 19.2 Å². The summed E-state index contributed by atoms with van der Waals surface area (Å²) < 4.78 is 10.7. The molecule has 0 bridgehead atoms. The van der Waals surface area contributed by atoms with E-state index in [4.69, 9.17) is 9.47 Å². The molecule has 8 heteroatoms. The standard InChI is InChI=1S/C27H32N2O6/c1-2-3-6-18-34-21-13-11-20(12-14-21)24(30)15-16-27(33)35-19-25(31)28-22-8-4-5-9-23(22)29-17-7-10-26(29)32/h4-5,8-9,11-14H,2-3,6-7,10,15-19H2,1H3,(H,28,31). The molecule has 2 aromatic carbocycles. The van der Waals surface area contributed by atoms with Crippen molar-refractivity contribution in [3.8, 4) is 5.75 Å². The summed E-state index contributed by atoms with van der Waals surface area (Å²) in [6.07, 6.45) is 4.34. The third-order valence-electron chi connectivity index (χ3n) is 5.66. The van der Waals surface area contributed by atoms with Gasteiger partial charge in [-0.2, -0.15) is 0 Å². The Balaban J connectivity index is 1.40. The van der Waals surface area contributed by atoms with Crippen LogP contribution in [0.5, 0.6) is 5.75 Å². The smallest absolute Gasteiger partial charge is 0.306 e. The molecule has 8 nitrogen and oxygen atoms in total. The van der Waals surface area contributed by atoms with Crippen molar-refractivity contribution in [2.75, 3.05) is 30.0 Å². The summed E-state index contributed by atoms with van der Waals surface area (Å²) in [6, 6.07) is 13.9. The molecule has 0 saturated carbocycles. The summed E-state index contributed by atoms with van der Waals surface area (Å²) in [5, 5.41) is 2.69. The van der Waals surface area contributed by atoms with E-state index >= 15 is 0 Å². The van der Waals surface area contributed by atoms with E-state index in [2.05, 4.69) is 12.2 Å². The van der Waals surface area contributed by atoms with Gasteiger partial charge in [-0.05, 0) is 49.2 Å². The van der Waals surface area contributed by atoms with Gasteiger partial charge in [0.15, 0.2) is 12.4 Å². The zero-order valence-electron chi connectivity index (χ0n) is 20.1. The van der Waals surface area contributed by atoms with Crippen LogP contribution in [0.3, 0.4) is 0 Å². The predicted molar refractivity (Wildman–Crippen MR) is 133 cm³/mol. The van der Waals surface area contributed by atoms with E-state index < -0.39 is 18.5 Å².